The van der Waals surface area contributed by atoms with Gasteiger partial charge in [0.05, 0.1) is 11.6 Å². The van der Waals surface area contributed by atoms with E-state index in [0.717, 1.165) is 19.5 Å². The first kappa shape index (κ1) is 11.4. The van der Waals surface area contributed by atoms with E-state index in [1.54, 1.807) is 24.3 Å². The number of nitrogens with one attached hydrogen (secondary N) is 3. The zero-order valence-corrected chi connectivity index (χ0v) is 9.36. The number of carbonyl (C=O) groups is 1. The van der Waals surface area contributed by atoms with Gasteiger partial charge in [-0.25, -0.2) is 4.79 Å². The molecule has 1 heterocycles. The molecule has 88 valence electrons. The maximum absolute atomic E-state index is 11.6. The lowest BCUT2D eigenvalue weighted by Crippen LogP contribution is -2.39. The number of nitriles is 1. The molecule has 2 rings (SSSR count). The van der Waals surface area contributed by atoms with Gasteiger partial charge in [-0.2, -0.15) is 5.26 Å². The van der Waals surface area contributed by atoms with E-state index in [1.165, 1.54) is 0 Å². The lowest BCUT2D eigenvalue weighted by Gasteiger charge is -2.12. The lowest BCUT2D eigenvalue weighted by molar-refractivity contribution is 0.249. The van der Waals surface area contributed by atoms with Crippen LogP contribution >= 0.6 is 0 Å². The summed E-state index contributed by atoms with van der Waals surface area (Å²) >= 11 is 0. The summed E-state index contributed by atoms with van der Waals surface area (Å²) in [6.07, 6.45) is 0.959. The van der Waals surface area contributed by atoms with Crippen molar-refractivity contribution in [1.29, 1.82) is 5.26 Å². The summed E-state index contributed by atoms with van der Waals surface area (Å²) in [6, 6.07) is 8.80. The summed E-state index contributed by atoms with van der Waals surface area (Å²) in [7, 11) is 0. The van der Waals surface area contributed by atoms with E-state index in [1.807, 2.05) is 6.07 Å². The Morgan fingerprint density at radius 3 is 2.76 bits per heavy atom. The minimum atomic E-state index is -0.205. The van der Waals surface area contributed by atoms with E-state index in [9.17, 15) is 4.79 Å². The predicted molar refractivity (Wildman–Crippen MR) is 64.6 cm³/mol. The highest BCUT2D eigenvalue weighted by Gasteiger charge is 2.16. The summed E-state index contributed by atoms with van der Waals surface area (Å²) in [5.74, 6) is 0. The fraction of sp³-hybridized carbons (Fsp3) is 0.333. The van der Waals surface area contributed by atoms with Gasteiger partial charge in [0, 0.05) is 18.3 Å². The van der Waals surface area contributed by atoms with Crippen LogP contribution in [-0.4, -0.2) is 25.2 Å². The van der Waals surface area contributed by atoms with Crippen molar-refractivity contribution in [2.75, 3.05) is 18.4 Å². The smallest absolute Gasteiger partial charge is 0.319 e. The van der Waals surface area contributed by atoms with Gasteiger partial charge < -0.3 is 16.0 Å². The van der Waals surface area contributed by atoms with Crippen LogP contribution in [0.5, 0.6) is 0 Å². The van der Waals surface area contributed by atoms with Crippen LogP contribution in [0.2, 0.25) is 0 Å². The van der Waals surface area contributed by atoms with Gasteiger partial charge in [0.1, 0.15) is 0 Å². The molecule has 1 unspecified atom stereocenters. The van der Waals surface area contributed by atoms with Crippen molar-refractivity contribution in [3.8, 4) is 6.07 Å². The third-order valence-electron chi connectivity index (χ3n) is 2.67. The Hall–Kier alpha value is -2.06. The number of rotatable bonds is 2. The normalized spacial score (nSPS) is 18.4. The highest BCUT2D eigenvalue weighted by atomic mass is 16.2. The maximum atomic E-state index is 11.6. The van der Waals surface area contributed by atoms with Gasteiger partial charge in [-0.05, 0) is 37.2 Å². The molecule has 1 aliphatic rings. The average Bonchev–Trinajstić information content (AvgIpc) is 2.82. The Balaban J connectivity index is 1.86. The van der Waals surface area contributed by atoms with E-state index in [0.29, 0.717) is 11.3 Å². The quantitative estimate of drug-likeness (QED) is 0.710. The topological polar surface area (TPSA) is 77.0 Å². The average molecular weight is 230 g/mol. The molecule has 3 N–H and O–H groups in total. The Morgan fingerprint density at radius 1 is 1.41 bits per heavy atom. The Morgan fingerprint density at radius 2 is 2.18 bits per heavy atom. The van der Waals surface area contributed by atoms with Gasteiger partial charge in [0.25, 0.3) is 0 Å². The van der Waals surface area contributed by atoms with E-state index < -0.39 is 0 Å². The molecule has 5 heteroatoms. The van der Waals surface area contributed by atoms with Gasteiger partial charge in [-0.1, -0.05) is 0 Å². The van der Waals surface area contributed by atoms with Crippen molar-refractivity contribution < 1.29 is 4.79 Å². The van der Waals surface area contributed by atoms with Crippen molar-refractivity contribution >= 4 is 11.7 Å². The summed E-state index contributed by atoms with van der Waals surface area (Å²) in [4.78, 5) is 11.6. The van der Waals surface area contributed by atoms with Crippen LogP contribution in [0.4, 0.5) is 10.5 Å². The second kappa shape index (κ2) is 5.32. The number of hydrogen-bond donors (Lipinski definition) is 3. The summed E-state index contributed by atoms with van der Waals surface area (Å²) < 4.78 is 0. The minimum Gasteiger partial charge on any atom is -0.334 e. The zero-order chi connectivity index (χ0) is 12.1. The molecule has 1 aromatic rings. The zero-order valence-electron chi connectivity index (χ0n) is 9.36. The minimum absolute atomic E-state index is 0.202. The van der Waals surface area contributed by atoms with Crippen molar-refractivity contribution in [2.24, 2.45) is 0 Å². The van der Waals surface area contributed by atoms with Gasteiger partial charge >= 0.3 is 6.03 Å². The predicted octanol–water partition coefficient (Wildman–Crippen LogP) is 1.04. The molecule has 1 aromatic carbocycles. The van der Waals surface area contributed by atoms with Crippen molar-refractivity contribution in [3.63, 3.8) is 0 Å². The monoisotopic (exact) mass is 230 g/mol. The van der Waals surface area contributed by atoms with Crippen molar-refractivity contribution in [2.45, 2.75) is 12.5 Å². The van der Waals surface area contributed by atoms with Gasteiger partial charge in [0.2, 0.25) is 0 Å². The van der Waals surface area contributed by atoms with E-state index in [-0.39, 0.29) is 12.1 Å². The maximum Gasteiger partial charge on any atom is 0.319 e. The first-order valence-corrected chi connectivity index (χ1v) is 5.56. The molecule has 0 aliphatic carbocycles. The molecule has 2 amide bonds. The first-order chi connectivity index (χ1) is 8.28. The van der Waals surface area contributed by atoms with E-state index in [4.69, 9.17) is 5.26 Å². The SMILES string of the molecule is N#Cc1ccc(NC(=O)NC2CCNC2)cc1. The van der Waals surface area contributed by atoms with E-state index >= 15 is 0 Å². The standard InChI is InChI=1S/C12H14N4O/c13-7-9-1-3-10(4-2-9)15-12(17)16-11-5-6-14-8-11/h1-4,11,14H,5-6,8H2,(H2,15,16,17). The van der Waals surface area contributed by atoms with Gasteiger partial charge in [-0.3, -0.25) is 0 Å². The first-order valence-electron chi connectivity index (χ1n) is 5.56. The number of amides is 2. The molecule has 0 spiro atoms. The fourth-order valence-corrected chi connectivity index (χ4v) is 1.76. The molecule has 1 atom stereocenters. The molecule has 0 radical (unpaired) electrons. The largest absolute Gasteiger partial charge is 0.334 e. The van der Waals surface area contributed by atoms with Gasteiger partial charge in [0.15, 0.2) is 0 Å². The molecule has 1 saturated heterocycles. The summed E-state index contributed by atoms with van der Waals surface area (Å²) in [5.41, 5.74) is 1.27. The molecule has 1 aliphatic heterocycles. The summed E-state index contributed by atoms with van der Waals surface area (Å²) in [6.45, 7) is 1.77. The third kappa shape index (κ3) is 3.20. The Kier molecular flexibility index (Phi) is 3.58. The van der Waals surface area contributed by atoms with Crippen molar-refractivity contribution in [1.82, 2.24) is 10.6 Å². The van der Waals surface area contributed by atoms with Gasteiger partial charge in [-0.15, -0.1) is 0 Å². The molecule has 0 bridgehead atoms. The van der Waals surface area contributed by atoms with Crippen LogP contribution in [0.1, 0.15) is 12.0 Å². The third-order valence-corrected chi connectivity index (χ3v) is 2.67. The van der Waals surface area contributed by atoms with Crippen LogP contribution in [0, 0.1) is 11.3 Å². The number of anilines is 1. The second-order valence-electron chi connectivity index (χ2n) is 3.98. The van der Waals surface area contributed by atoms with Crippen LogP contribution in [0.25, 0.3) is 0 Å². The summed E-state index contributed by atoms with van der Waals surface area (Å²) in [5, 5.41) is 17.4. The number of nitrogens with zero attached hydrogens (tertiary/aromatic N) is 1. The Bertz CT molecular complexity index is 429. The van der Waals surface area contributed by atoms with Crippen molar-refractivity contribution in [3.05, 3.63) is 29.8 Å². The van der Waals surface area contributed by atoms with Crippen LogP contribution < -0.4 is 16.0 Å². The highest BCUT2D eigenvalue weighted by Crippen LogP contribution is 2.08. The molecule has 1 fully saturated rings. The molecular weight excluding hydrogens is 216 g/mol. The number of benzene rings is 1. The fourth-order valence-electron chi connectivity index (χ4n) is 1.76. The molecule has 5 nitrogen and oxygen atoms in total. The molecule has 17 heavy (non-hydrogen) atoms. The Labute approximate surface area is 99.8 Å². The van der Waals surface area contributed by atoms with Crippen LogP contribution in [0.3, 0.4) is 0 Å². The number of urea groups is 1. The van der Waals surface area contributed by atoms with Crippen LogP contribution in [-0.2, 0) is 0 Å². The molecular formula is C12H14N4O. The second-order valence-corrected chi connectivity index (χ2v) is 3.98. The number of hydrogen-bond acceptors (Lipinski definition) is 3. The lowest BCUT2D eigenvalue weighted by atomic mass is 10.2. The van der Waals surface area contributed by atoms with Crippen LogP contribution in [0.15, 0.2) is 24.3 Å². The number of carbonyl (C=O) groups excluding carboxylic acids is 1. The molecule has 0 saturated carbocycles. The molecule has 0 aromatic heterocycles. The highest BCUT2D eigenvalue weighted by molar-refractivity contribution is 5.89. The van der Waals surface area contributed by atoms with E-state index in [2.05, 4.69) is 16.0 Å².